The van der Waals surface area contributed by atoms with Crippen molar-refractivity contribution in [2.45, 2.75) is 75.5 Å². The van der Waals surface area contributed by atoms with Crippen LogP contribution in [0, 0.1) is 11.6 Å². The second kappa shape index (κ2) is 9.67. The Hall–Kier alpha value is -2.31. The lowest BCUT2D eigenvalue weighted by atomic mass is 9.93. The maximum Gasteiger partial charge on any atom is 0.217 e. The second-order valence-corrected chi connectivity index (χ2v) is 9.43. The Balaban J connectivity index is 1.42. The van der Waals surface area contributed by atoms with Gasteiger partial charge in [0.1, 0.15) is 11.6 Å². The van der Waals surface area contributed by atoms with Gasteiger partial charge in [0.15, 0.2) is 0 Å². The van der Waals surface area contributed by atoms with E-state index >= 15 is 0 Å². The highest BCUT2D eigenvalue weighted by molar-refractivity contribution is 5.73. The minimum Gasteiger partial charge on any atom is -0.390 e. The maximum absolute atomic E-state index is 13.6. The number of carbonyl (C=O) groups excluding carboxylic acids is 1. The van der Waals surface area contributed by atoms with E-state index in [1.54, 1.807) is 0 Å². The molecule has 2 saturated carbocycles. The van der Waals surface area contributed by atoms with Crippen LogP contribution in [0.2, 0.25) is 0 Å². The predicted molar refractivity (Wildman–Crippen MR) is 120 cm³/mol. The van der Waals surface area contributed by atoms with E-state index < -0.39 is 23.8 Å². The highest BCUT2D eigenvalue weighted by atomic mass is 19.1. The summed E-state index contributed by atoms with van der Waals surface area (Å²) in [6, 6.07) is 11.4. The van der Waals surface area contributed by atoms with Crippen molar-refractivity contribution in [1.29, 1.82) is 0 Å². The van der Waals surface area contributed by atoms with Gasteiger partial charge in [0, 0.05) is 25.1 Å². The van der Waals surface area contributed by atoms with Gasteiger partial charge in [-0.15, -0.1) is 0 Å². The zero-order valence-electron chi connectivity index (χ0n) is 18.5. The lowest BCUT2D eigenvalue weighted by molar-refractivity contribution is -0.120. The van der Waals surface area contributed by atoms with Gasteiger partial charge in [-0.3, -0.25) is 4.79 Å². The zero-order valence-corrected chi connectivity index (χ0v) is 18.5. The minimum absolute atomic E-state index is 0.140. The van der Waals surface area contributed by atoms with E-state index in [4.69, 9.17) is 0 Å². The molecule has 2 atom stereocenters. The third-order valence-corrected chi connectivity index (χ3v) is 6.90. The van der Waals surface area contributed by atoms with Crippen LogP contribution < -0.4 is 10.6 Å². The van der Waals surface area contributed by atoms with Crippen LogP contribution in [0.3, 0.4) is 0 Å². The van der Waals surface area contributed by atoms with Crippen molar-refractivity contribution in [2.24, 2.45) is 0 Å². The van der Waals surface area contributed by atoms with Crippen molar-refractivity contribution in [3.05, 3.63) is 70.8 Å². The summed E-state index contributed by atoms with van der Waals surface area (Å²) in [4.78, 5) is 11.7. The zero-order chi connectivity index (χ0) is 22.7. The molecular weight excluding hydrogens is 410 g/mol. The molecule has 2 aliphatic rings. The van der Waals surface area contributed by atoms with Crippen LogP contribution in [0.15, 0.2) is 42.5 Å². The molecule has 0 spiro atoms. The fourth-order valence-corrected chi connectivity index (χ4v) is 5.01. The molecule has 0 heterocycles. The van der Waals surface area contributed by atoms with Gasteiger partial charge in [-0.05, 0) is 66.8 Å². The summed E-state index contributed by atoms with van der Waals surface area (Å²) in [5.41, 5.74) is 2.89. The summed E-state index contributed by atoms with van der Waals surface area (Å²) >= 11 is 0. The first-order chi connectivity index (χ1) is 15.3. The number of nitrogens with one attached hydrogen (secondary N) is 2. The maximum atomic E-state index is 13.6. The fraction of sp³-hybridized carbons (Fsp3) is 0.500. The molecule has 0 radical (unpaired) electrons. The Morgan fingerprint density at radius 2 is 1.81 bits per heavy atom. The molecule has 2 aromatic rings. The van der Waals surface area contributed by atoms with Gasteiger partial charge in [0.25, 0.3) is 0 Å². The molecule has 2 aromatic carbocycles. The van der Waals surface area contributed by atoms with E-state index in [1.165, 1.54) is 55.9 Å². The molecule has 32 heavy (non-hydrogen) atoms. The molecular formula is C26H32F2N2O2. The smallest absolute Gasteiger partial charge is 0.217 e. The third-order valence-electron chi connectivity index (χ3n) is 6.90. The van der Waals surface area contributed by atoms with E-state index in [0.717, 1.165) is 18.9 Å². The SMILES string of the molecule is CC(=O)NC(Cc1cc(F)cc(F)c1)C(O)CNC1(c2cccc(C3CCCC3)c2)CC1. The number of carbonyl (C=O) groups is 1. The van der Waals surface area contributed by atoms with Crippen molar-refractivity contribution in [3.63, 3.8) is 0 Å². The Morgan fingerprint density at radius 1 is 1.12 bits per heavy atom. The number of hydrogen-bond donors (Lipinski definition) is 3. The average Bonchev–Trinajstić information content (AvgIpc) is 3.33. The van der Waals surface area contributed by atoms with E-state index in [9.17, 15) is 18.7 Å². The van der Waals surface area contributed by atoms with Crippen LogP contribution >= 0.6 is 0 Å². The van der Waals surface area contributed by atoms with Crippen LogP contribution in [0.5, 0.6) is 0 Å². The quantitative estimate of drug-likeness (QED) is 0.542. The molecule has 4 nitrogen and oxygen atoms in total. The normalized spacial score (nSPS) is 19.5. The summed E-state index contributed by atoms with van der Waals surface area (Å²) in [6.45, 7) is 1.65. The summed E-state index contributed by atoms with van der Waals surface area (Å²) < 4.78 is 27.2. The topological polar surface area (TPSA) is 61.4 Å². The largest absolute Gasteiger partial charge is 0.390 e. The van der Waals surface area contributed by atoms with E-state index in [-0.39, 0.29) is 24.4 Å². The third kappa shape index (κ3) is 5.54. The predicted octanol–water partition coefficient (Wildman–Crippen LogP) is 4.31. The van der Waals surface area contributed by atoms with Crippen LogP contribution in [-0.2, 0) is 16.8 Å². The summed E-state index contributed by atoms with van der Waals surface area (Å²) in [7, 11) is 0. The molecule has 2 unspecified atom stereocenters. The molecule has 0 bridgehead atoms. The molecule has 0 aromatic heterocycles. The lowest BCUT2D eigenvalue weighted by Gasteiger charge is -2.27. The van der Waals surface area contributed by atoms with Crippen LogP contribution in [0.25, 0.3) is 0 Å². The van der Waals surface area contributed by atoms with E-state index in [2.05, 4.69) is 34.9 Å². The minimum atomic E-state index is -0.902. The van der Waals surface area contributed by atoms with Crippen molar-refractivity contribution in [3.8, 4) is 0 Å². The van der Waals surface area contributed by atoms with Gasteiger partial charge < -0.3 is 15.7 Å². The monoisotopic (exact) mass is 442 g/mol. The van der Waals surface area contributed by atoms with Gasteiger partial charge in [0.05, 0.1) is 12.1 Å². The number of aliphatic hydroxyl groups is 1. The molecule has 172 valence electrons. The van der Waals surface area contributed by atoms with Crippen molar-refractivity contribution >= 4 is 5.91 Å². The van der Waals surface area contributed by atoms with Gasteiger partial charge in [-0.2, -0.15) is 0 Å². The highest BCUT2D eigenvalue weighted by Crippen LogP contribution is 2.46. The summed E-state index contributed by atoms with van der Waals surface area (Å²) in [5.74, 6) is -0.995. The first-order valence-electron chi connectivity index (χ1n) is 11.6. The van der Waals surface area contributed by atoms with E-state index in [0.29, 0.717) is 11.5 Å². The van der Waals surface area contributed by atoms with Crippen molar-refractivity contribution < 1.29 is 18.7 Å². The summed E-state index contributed by atoms with van der Waals surface area (Å²) in [5, 5.41) is 17.1. The van der Waals surface area contributed by atoms with Crippen LogP contribution in [0.1, 0.15) is 68.1 Å². The molecule has 3 N–H and O–H groups in total. The number of aliphatic hydroxyl groups excluding tert-OH is 1. The average molecular weight is 443 g/mol. The molecule has 4 rings (SSSR count). The highest BCUT2D eigenvalue weighted by Gasteiger charge is 2.44. The number of hydrogen-bond acceptors (Lipinski definition) is 3. The Kier molecular flexibility index (Phi) is 6.91. The molecule has 2 aliphatic carbocycles. The summed E-state index contributed by atoms with van der Waals surface area (Å²) in [6.07, 6.45) is 6.32. The first kappa shape index (κ1) is 22.9. The number of halogens is 2. The number of benzene rings is 2. The Labute approximate surface area is 188 Å². The van der Waals surface area contributed by atoms with Crippen LogP contribution in [-0.4, -0.2) is 29.7 Å². The first-order valence-corrected chi connectivity index (χ1v) is 11.6. The van der Waals surface area contributed by atoms with Gasteiger partial charge >= 0.3 is 0 Å². The van der Waals surface area contributed by atoms with Crippen molar-refractivity contribution in [2.75, 3.05) is 6.54 Å². The van der Waals surface area contributed by atoms with E-state index in [1.807, 2.05) is 0 Å². The number of rotatable bonds is 9. The van der Waals surface area contributed by atoms with Crippen molar-refractivity contribution in [1.82, 2.24) is 10.6 Å². The molecule has 6 heteroatoms. The Bertz CT molecular complexity index is 934. The molecule has 1 amide bonds. The molecule has 2 fully saturated rings. The van der Waals surface area contributed by atoms with Gasteiger partial charge in [-0.25, -0.2) is 8.78 Å². The van der Waals surface area contributed by atoms with Crippen LogP contribution in [0.4, 0.5) is 8.78 Å². The fourth-order valence-electron chi connectivity index (χ4n) is 5.01. The Morgan fingerprint density at radius 3 is 2.44 bits per heavy atom. The second-order valence-electron chi connectivity index (χ2n) is 9.43. The molecule has 0 saturated heterocycles. The van der Waals surface area contributed by atoms with Gasteiger partial charge in [0.2, 0.25) is 5.91 Å². The van der Waals surface area contributed by atoms with Gasteiger partial charge in [-0.1, -0.05) is 37.1 Å². The molecule has 0 aliphatic heterocycles. The lowest BCUT2D eigenvalue weighted by Crippen LogP contribution is -2.49. The number of amides is 1. The standard InChI is InChI=1S/C26H32F2N2O2/c1-17(31)30-24(13-18-11-22(27)15-23(28)12-18)25(32)16-29-26(9-10-26)21-8-4-7-20(14-21)19-5-2-3-6-19/h4,7-8,11-12,14-15,19,24-25,29,32H,2-3,5-6,9-10,13,16H2,1H3,(H,30,31).